The smallest absolute Gasteiger partial charge is 0.0181 e. The van der Waals surface area contributed by atoms with Crippen LogP contribution in [0.1, 0.15) is 29.0 Å². The molecule has 0 N–H and O–H groups in total. The lowest BCUT2D eigenvalue weighted by atomic mass is 9.81. The number of benzene rings is 3. The highest BCUT2D eigenvalue weighted by Crippen LogP contribution is 2.39. The fraction of sp³-hybridized carbons (Fsp3) is 0.0833. The first-order valence-electron chi connectivity index (χ1n) is 8.58. The van der Waals surface area contributed by atoms with Crippen LogP contribution < -0.4 is 0 Å². The van der Waals surface area contributed by atoms with Gasteiger partial charge in [0.15, 0.2) is 0 Å². The summed E-state index contributed by atoms with van der Waals surface area (Å²) in [6, 6.07) is 30.1. The van der Waals surface area contributed by atoms with Crippen LogP contribution >= 0.6 is 15.9 Å². The van der Waals surface area contributed by atoms with E-state index in [0.29, 0.717) is 5.92 Å². The highest BCUT2D eigenvalue weighted by atomic mass is 79.9. The first-order chi connectivity index (χ1) is 12.3. The summed E-state index contributed by atoms with van der Waals surface area (Å²) in [6.07, 6.45) is 5.78. The Bertz CT molecular complexity index is 921. The van der Waals surface area contributed by atoms with Gasteiger partial charge in [0, 0.05) is 10.4 Å². The van der Waals surface area contributed by atoms with E-state index in [4.69, 9.17) is 0 Å². The largest absolute Gasteiger partial charge is 0.0688 e. The van der Waals surface area contributed by atoms with Crippen LogP contribution in [0.2, 0.25) is 0 Å². The van der Waals surface area contributed by atoms with E-state index in [1.807, 2.05) is 0 Å². The monoisotopic (exact) mass is 386 g/mol. The quantitative estimate of drug-likeness (QED) is 0.449. The number of hydrogen-bond donors (Lipinski definition) is 0. The number of hydrogen-bond acceptors (Lipinski definition) is 0. The molecule has 1 aliphatic carbocycles. The van der Waals surface area contributed by atoms with Gasteiger partial charge in [0.1, 0.15) is 0 Å². The van der Waals surface area contributed by atoms with Crippen molar-refractivity contribution in [1.29, 1.82) is 0 Å². The van der Waals surface area contributed by atoms with E-state index < -0.39 is 0 Å². The molecule has 3 aromatic carbocycles. The van der Waals surface area contributed by atoms with Crippen molar-refractivity contribution in [3.05, 3.63) is 118 Å². The second kappa shape index (κ2) is 7.25. The Morgan fingerprint density at radius 1 is 0.720 bits per heavy atom. The molecule has 0 fully saturated rings. The van der Waals surface area contributed by atoms with Crippen molar-refractivity contribution in [2.24, 2.45) is 0 Å². The topological polar surface area (TPSA) is 0 Å². The Balaban J connectivity index is 1.79. The van der Waals surface area contributed by atoms with Gasteiger partial charge >= 0.3 is 0 Å². The average Bonchev–Trinajstić information content (AvgIpc) is 2.69. The van der Waals surface area contributed by atoms with Crippen LogP contribution in [0.25, 0.3) is 11.1 Å². The van der Waals surface area contributed by atoms with Gasteiger partial charge in [-0.25, -0.2) is 0 Å². The molecule has 0 saturated carbocycles. The molecule has 0 heterocycles. The van der Waals surface area contributed by atoms with E-state index in [9.17, 15) is 0 Å². The molecule has 0 spiro atoms. The lowest BCUT2D eigenvalue weighted by Gasteiger charge is -2.23. The van der Waals surface area contributed by atoms with Crippen LogP contribution in [-0.2, 0) is 0 Å². The van der Waals surface area contributed by atoms with Gasteiger partial charge in [-0.15, -0.1) is 0 Å². The molecule has 1 unspecified atom stereocenters. The predicted octanol–water partition coefficient (Wildman–Crippen LogP) is 7.10. The van der Waals surface area contributed by atoms with Gasteiger partial charge in [-0.2, -0.15) is 0 Å². The zero-order valence-corrected chi connectivity index (χ0v) is 15.5. The predicted molar refractivity (Wildman–Crippen MR) is 110 cm³/mol. The summed E-state index contributed by atoms with van der Waals surface area (Å²) < 4.78 is 1.12. The second-order valence-corrected chi connectivity index (χ2v) is 7.30. The zero-order chi connectivity index (χ0) is 17.1. The molecule has 0 nitrogen and oxygen atoms in total. The third kappa shape index (κ3) is 3.67. The fourth-order valence-electron chi connectivity index (χ4n) is 3.42. The molecule has 0 aliphatic heterocycles. The summed E-state index contributed by atoms with van der Waals surface area (Å²) in [5.74, 6) is 0.399. The number of halogens is 1. The molecule has 0 saturated heterocycles. The van der Waals surface area contributed by atoms with E-state index in [-0.39, 0.29) is 0 Å². The van der Waals surface area contributed by atoms with Crippen molar-refractivity contribution in [3.8, 4) is 0 Å². The third-order valence-electron chi connectivity index (χ3n) is 4.68. The molecule has 1 heteroatoms. The normalized spacial score (nSPS) is 16.9. The van der Waals surface area contributed by atoms with E-state index in [2.05, 4.69) is 113 Å². The molecule has 25 heavy (non-hydrogen) atoms. The van der Waals surface area contributed by atoms with Crippen molar-refractivity contribution in [2.75, 3.05) is 0 Å². The van der Waals surface area contributed by atoms with Crippen molar-refractivity contribution < 1.29 is 0 Å². The molecule has 1 aliphatic rings. The van der Waals surface area contributed by atoms with Crippen molar-refractivity contribution in [2.45, 2.75) is 12.3 Å². The average molecular weight is 387 g/mol. The van der Waals surface area contributed by atoms with E-state index in [0.717, 1.165) is 10.9 Å². The highest BCUT2D eigenvalue weighted by Gasteiger charge is 2.19. The maximum Gasteiger partial charge on any atom is 0.0181 e. The van der Waals surface area contributed by atoms with E-state index in [1.54, 1.807) is 0 Å². The Morgan fingerprint density at radius 3 is 2.12 bits per heavy atom. The van der Waals surface area contributed by atoms with Gasteiger partial charge in [-0.05, 0) is 46.4 Å². The lowest BCUT2D eigenvalue weighted by Crippen LogP contribution is -2.03. The standard InChI is InChI=1S/C24H19Br/c25-24-13-7-12-20(17-24)23-15-21(18-8-3-1-4-9-18)14-22(16-23)19-10-5-2-6-11-19/h1-15,17,22H,16H2. The van der Waals surface area contributed by atoms with Crippen LogP contribution in [0, 0.1) is 0 Å². The number of rotatable bonds is 3. The van der Waals surface area contributed by atoms with Crippen molar-refractivity contribution in [1.82, 2.24) is 0 Å². The SMILES string of the molecule is Brc1cccc(C2=CC(c3ccccc3)=CC(c3ccccc3)C2)c1. The van der Waals surface area contributed by atoms with E-state index in [1.165, 1.54) is 27.8 Å². The van der Waals surface area contributed by atoms with Gasteiger partial charge in [0.05, 0.1) is 0 Å². The molecule has 1 atom stereocenters. The summed E-state index contributed by atoms with van der Waals surface area (Å²) in [5, 5.41) is 0. The van der Waals surface area contributed by atoms with Crippen molar-refractivity contribution in [3.63, 3.8) is 0 Å². The van der Waals surface area contributed by atoms with Crippen molar-refractivity contribution >= 4 is 27.1 Å². The fourth-order valence-corrected chi connectivity index (χ4v) is 3.82. The first kappa shape index (κ1) is 16.1. The summed E-state index contributed by atoms with van der Waals surface area (Å²) in [4.78, 5) is 0. The maximum absolute atomic E-state index is 3.61. The minimum absolute atomic E-state index is 0.399. The number of allylic oxidation sites excluding steroid dienone is 4. The molecule has 4 rings (SSSR count). The van der Waals surface area contributed by atoms with Gasteiger partial charge in [-0.3, -0.25) is 0 Å². The Labute approximate surface area is 157 Å². The molecule has 0 aromatic heterocycles. The molecule has 0 amide bonds. The Kier molecular flexibility index (Phi) is 4.67. The molecule has 122 valence electrons. The summed E-state index contributed by atoms with van der Waals surface area (Å²) in [5.41, 5.74) is 6.62. The Hall–Kier alpha value is -2.38. The van der Waals surface area contributed by atoms with Crippen LogP contribution in [0.15, 0.2) is 102 Å². The van der Waals surface area contributed by atoms with E-state index >= 15 is 0 Å². The summed E-state index contributed by atoms with van der Waals surface area (Å²) >= 11 is 3.61. The van der Waals surface area contributed by atoms with Crippen LogP contribution in [0.4, 0.5) is 0 Å². The minimum Gasteiger partial charge on any atom is -0.0688 e. The third-order valence-corrected chi connectivity index (χ3v) is 5.17. The first-order valence-corrected chi connectivity index (χ1v) is 9.37. The molecular weight excluding hydrogens is 368 g/mol. The van der Waals surface area contributed by atoms with Gasteiger partial charge < -0.3 is 0 Å². The van der Waals surface area contributed by atoms with Crippen LogP contribution in [-0.4, -0.2) is 0 Å². The maximum atomic E-state index is 3.61. The molecule has 0 bridgehead atoms. The zero-order valence-electron chi connectivity index (χ0n) is 13.9. The lowest BCUT2D eigenvalue weighted by molar-refractivity contribution is 0.870. The van der Waals surface area contributed by atoms with Crippen LogP contribution in [0.5, 0.6) is 0 Å². The minimum atomic E-state index is 0.399. The van der Waals surface area contributed by atoms with Gasteiger partial charge in [0.25, 0.3) is 0 Å². The second-order valence-electron chi connectivity index (χ2n) is 6.39. The van der Waals surface area contributed by atoms with Gasteiger partial charge in [0.2, 0.25) is 0 Å². The Morgan fingerprint density at radius 2 is 1.40 bits per heavy atom. The van der Waals surface area contributed by atoms with Gasteiger partial charge in [-0.1, -0.05) is 101 Å². The summed E-state index contributed by atoms with van der Waals surface area (Å²) in [7, 11) is 0. The molecule has 3 aromatic rings. The highest BCUT2D eigenvalue weighted by molar-refractivity contribution is 9.10. The molecule has 0 radical (unpaired) electrons. The molecular formula is C24H19Br. The van der Waals surface area contributed by atoms with Crippen LogP contribution in [0.3, 0.4) is 0 Å². The summed E-state index contributed by atoms with van der Waals surface area (Å²) in [6.45, 7) is 0.